The van der Waals surface area contributed by atoms with Crippen molar-refractivity contribution in [1.82, 2.24) is 9.97 Å². The van der Waals surface area contributed by atoms with Gasteiger partial charge in [-0.15, -0.1) is 0 Å². The van der Waals surface area contributed by atoms with Gasteiger partial charge in [0.15, 0.2) is 5.58 Å². The summed E-state index contributed by atoms with van der Waals surface area (Å²) in [5.41, 5.74) is 8.74. The normalized spacial score (nSPS) is 10.8. The highest BCUT2D eigenvalue weighted by atomic mass is 16.5. The lowest BCUT2D eigenvalue weighted by Crippen LogP contribution is -1.98. The van der Waals surface area contributed by atoms with E-state index in [-0.39, 0.29) is 0 Å². The van der Waals surface area contributed by atoms with Crippen LogP contribution in [0.2, 0.25) is 0 Å². The standard InChI is InChI=1S/C14H13N3O2/c1-18-11-2-3-13-12(7-11)17-14(19-13)9-4-5-16-10(6-9)8-15/h2-7H,8,15H2,1H3. The van der Waals surface area contributed by atoms with Crippen molar-refractivity contribution in [3.63, 3.8) is 0 Å². The summed E-state index contributed by atoms with van der Waals surface area (Å²) in [4.78, 5) is 8.60. The predicted octanol–water partition coefficient (Wildman–Crippen LogP) is 2.36. The largest absolute Gasteiger partial charge is 0.497 e. The Balaban J connectivity index is 2.09. The van der Waals surface area contributed by atoms with Crippen molar-refractivity contribution in [2.45, 2.75) is 6.54 Å². The quantitative estimate of drug-likeness (QED) is 0.777. The number of hydrogen-bond donors (Lipinski definition) is 1. The molecule has 5 heteroatoms. The van der Waals surface area contributed by atoms with Gasteiger partial charge < -0.3 is 14.9 Å². The molecular weight excluding hydrogens is 242 g/mol. The van der Waals surface area contributed by atoms with Crippen LogP contribution in [0.1, 0.15) is 5.69 Å². The molecule has 0 bridgehead atoms. The molecule has 2 heterocycles. The number of ether oxygens (including phenoxy) is 1. The highest BCUT2D eigenvalue weighted by Gasteiger charge is 2.09. The lowest BCUT2D eigenvalue weighted by molar-refractivity contribution is 0.415. The van der Waals surface area contributed by atoms with Gasteiger partial charge in [-0.2, -0.15) is 0 Å². The molecule has 19 heavy (non-hydrogen) atoms. The molecule has 0 unspecified atom stereocenters. The fourth-order valence-corrected chi connectivity index (χ4v) is 1.88. The summed E-state index contributed by atoms with van der Waals surface area (Å²) in [6.07, 6.45) is 1.70. The summed E-state index contributed by atoms with van der Waals surface area (Å²) in [7, 11) is 1.62. The molecule has 0 amide bonds. The molecule has 3 aromatic rings. The molecular formula is C14H13N3O2. The fraction of sp³-hybridized carbons (Fsp3) is 0.143. The fourth-order valence-electron chi connectivity index (χ4n) is 1.88. The van der Waals surface area contributed by atoms with Crippen LogP contribution in [0.3, 0.4) is 0 Å². The molecule has 0 aliphatic carbocycles. The Morgan fingerprint density at radius 2 is 2.16 bits per heavy atom. The molecule has 0 fully saturated rings. The Morgan fingerprint density at radius 3 is 2.95 bits per heavy atom. The molecule has 0 saturated heterocycles. The third-order valence-electron chi connectivity index (χ3n) is 2.87. The third kappa shape index (κ3) is 2.15. The first-order chi connectivity index (χ1) is 9.30. The van der Waals surface area contributed by atoms with Crippen molar-refractivity contribution in [2.75, 3.05) is 7.11 Å². The van der Waals surface area contributed by atoms with Crippen LogP contribution in [-0.2, 0) is 6.54 Å². The van der Waals surface area contributed by atoms with E-state index in [2.05, 4.69) is 9.97 Å². The number of benzene rings is 1. The Bertz CT molecular complexity index is 722. The SMILES string of the molecule is COc1ccc2oc(-c3ccnc(CN)c3)nc2c1. The molecule has 0 saturated carbocycles. The topological polar surface area (TPSA) is 74.2 Å². The van der Waals surface area contributed by atoms with Crippen molar-refractivity contribution >= 4 is 11.1 Å². The number of pyridine rings is 1. The van der Waals surface area contributed by atoms with Crippen LogP contribution in [-0.4, -0.2) is 17.1 Å². The van der Waals surface area contributed by atoms with Gasteiger partial charge in [0.05, 0.1) is 12.8 Å². The van der Waals surface area contributed by atoms with Crippen molar-refractivity contribution < 1.29 is 9.15 Å². The lowest BCUT2D eigenvalue weighted by Gasteiger charge is -1.97. The molecule has 2 aromatic heterocycles. The summed E-state index contributed by atoms with van der Waals surface area (Å²) in [6.45, 7) is 0.391. The van der Waals surface area contributed by atoms with Crippen LogP contribution in [0, 0.1) is 0 Å². The zero-order valence-electron chi connectivity index (χ0n) is 10.5. The predicted molar refractivity (Wildman–Crippen MR) is 71.7 cm³/mol. The van der Waals surface area contributed by atoms with Gasteiger partial charge >= 0.3 is 0 Å². The molecule has 0 atom stereocenters. The van der Waals surface area contributed by atoms with E-state index in [0.29, 0.717) is 12.4 Å². The van der Waals surface area contributed by atoms with Gasteiger partial charge in [0.25, 0.3) is 0 Å². The molecule has 3 rings (SSSR count). The maximum Gasteiger partial charge on any atom is 0.227 e. The van der Waals surface area contributed by atoms with Gasteiger partial charge in [-0.3, -0.25) is 4.98 Å². The molecule has 0 aliphatic rings. The summed E-state index contributed by atoms with van der Waals surface area (Å²) in [5.74, 6) is 1.31. The number of fused-ring (bicyclic) bond motifs is 1. The van der Waals surface area contributed by atoms with Crippen molar-refractivity contribution in [3.05, 3.63) is 42.2 Å². The molecule has 96 valence electrons. The van der Waals surface area contributed by atoms with E-state index in [9.17, 15) is 0 Å². The van der Waals surface area contributed by atoms with Gasteiger partial charge in [-0.05, 0) is 24.3 Å². The van der Waals surface area contributed by atoms with E-state index < -0.39 is 0 Å². The van der Waals surface area contributed by atoms with Gasteiger partial charge in [0.2, 0.25) is 5.89 Å². The number of rotatable bonds is 3. The van der Waals surface area contributed by atoms with Crippen LogP contribution in [0.4, 0.5) is 0 Å². The van der Waals surface area contributed by atoms with E-state index in [1.54, 1.807) is 13.3 Å². The van der Waals surface area contributed by atoms with Crippen LogP contribution >= 0.6 is 0 Å². The molecule has 1 aromatic carbocycles. The van der Waals surface area contributed by atoms with Crippen LogP contribution in [0.5, 0.6) is 5.75 Å². The minimum Gasteiger partial charge on any atom is -0.497 e. The zero-order valence-corrected chi connectivity index (χ0v) is 10.5. The minimum absolute atomic E-state index is 0.391. The van der Waals surface area contributed by atoms with Crippen molar-refractivity contribution in [3.8, 4) is 17.2 Å². The van der Waals surface area contributed by atoms with E-state index in [4.69, 9.17) is 14.9 Å². The number of oxazole rings is 1. The summed E-state index contributed by atoms with van der Waals surface area (Å²) in [5, 5.41) is 0. The first-order valence-corrected chi connectivity index (χ1v) is 5.90. The van der Waals surface area contributed by atoms with Gasteiger partial charge in [-0.1, -0.05) is 0 Å². The average molecular weight is 255 g/mol. The maximum absolute atomic E-state index is 5.72. The Hall–Kier alpha value is -2.40. The number of aromatic nitrogens is 2. The number of nitrogens with two attached hydrogens (primary N) is 1. The second kappa shape index (κ2) is 4.70. The van der Waals surface area contributed by atoms with Crippen LogP contribution in [0.25, 0.3) is 22.6 Å². The van der Waals surface area contributed by atoms with Gasteiger partial charge in [0, 0.05) is 24.4 Å². The third-order valence-corrected chi connectivity index (χ3v) is 2.87. The van der Waals surface area contributed by atoms with Crippen molar-refractivity contribution in [1.29, 1.82) is 0 Å². The Labute approximate surface area is 110 Å². The molecule has 2 N–H and O–H groups in total. The average Bonchev–Trinajstić information content (AvgIpc) is 2.90. The second-order valence-corrected chi connectivity index (χ2v) is 4.09. The number of methoxy groups -OCH3 is 1. The van der Waals surface area contributed by atoms with E-state index in [0.717, 1.165) is 28.1 Å². The van der Waals surface area contributed by atoms with Crippen LogP contribution in [0.15, 0.2) is 40.9 Å². The maximum atomic E-state index is 5.72. The smallest absolute Gasteiger partial charge is 0.227 e. The van der Waals surface area contributed by atoms with Gasteiger partial charge in [0.1, 0.15) is 11.3 Å². The van der Waals surface area contributed by atoms with Crippen LogP contribution < -0.4 is 10.5 Å². The Morgan fingerprint density at radius 1 is 1.26 bits per heavy atom. The minimum atomic E-state index is 0.391. The van der Waals surface area contributed by atoms with E-state index in [1.165, 1.54) is 0 Å². The summed E-state index contributed by atoms with van der Waals surface area (Å²) >= 11 is 0. The number of nitrogens with zero attached hydrogens (tertiary/aromatic N) is 2. The first-order valence-electron chi connectivity index (χ1n) is 5.90. The zero-order chi connectivity index (χ0) is 13.2. The van der Waals surface area contributed by atoms with E-state index >= 15 is 0 Å². The highest BCUT2D eigenvalue weighted by molar-refractivity contribution is 5.77. The molecule has 5 nitrogen and oxygen atoms in total. The Kier molecular flexibility index (Phi) is 2.89. The molecule has 0 radical (unpaired) electrons. The molecule has 0 spiro atoms. The van der Waals surface area contributed by atoms with Crippen molar-refractivity contribution in [2.24, 2.45) is 5.73 Å². The van der Waals surface area contributed by atoms with Gasteiger partial charge in [-0.25, -0.2) is 4.98 Å². The lowest BCUT2D eigenvalue weighted by atomic mass is 10.2. The molecule has 0 aliphatic heterocycles. The first kappa shape index (κ1) is 11.7. The second-order valence-electron chi connectivity index (χ2n) is 4.09. The van der Waals surface area contributed by atoms with E-state index in [1.807, 2.05) is 30.3 Å². The monoisotopic (exact) mass is 255 g/mol. The highest BCUT2D eigenvalue weighted by Crippen LogP contribution is 2.26. The summed E-state index contributed by atoms with van der Waals surface area (Å²) in [6, 6.07) is 9.25. The summed E-state index contributed by atoms with van der Waals surface area (Å²) < 4.78 is 10.9. The number of hydrogen-bond acceptors (Lipinski definition) is 5.